The number of rotatable bonds is 2. The minimum absolute atomic E-state index is 0.294. The fourth-order valence-corrected chi connectivity index (χ4v) is 0.969. The van der Waals surface area contributed by atoms with E-state index in [-0.39, 0.29) is 5.75 Å². The second-order valence-corrected chi connectivity index (χ2v) is 2.32. The lowest BCUT2D eigenvalue weighted by Gasteiger charge is -2.08. The van der Waals surface area contributed by atoms with E-state index in [9.17, 15) is 13.2 Å². The van der Waals surface area contributed by atoms with Crippen molar-refractivity contribution in [2.24, 2.45) is 0 Å². The van der Waals surface area contributed by atoms with Gasteiger partial charge in [0, 0.05) is 0 Å². The highest BCUT2D eigenvalue weighted by Gasteiger charge is 2.22. The number of hydrogen-bond donors (Lipinski definition) is 0. The lowest BCUT2D eigenvalue weighted by Crippen LogP contribution is -2.01. The molecule has 14 heavy (non-hydrogen) atoms. The number of nitriles is 1. The molecule has 0 spiro atoms. The van der Waals surface area contributed by atoms with Gasteiger partial charge < -0.3 is 4.74 Å². The molecule has 1 aromatic heterocycles. The zero-order chi connectivity index (χ0) is 10.7. The highest BCUT2D eigenvalue weighted by molar-refractivity contribution is 5.45. The second-order valence-electron chi connectivity index (χ2n) is 2.32. The number of pyridine rings is 1. The third kappa shape index (κ3) is 1.62. The Bertz CT molecular complexity index is 387. The van der Waals surface area contributed by atoms with Gasteiger partial charge in [-0.2, -0.15) is 9.65 Å². The van der Waals surface area contributed by atoms with Gasteiger partial charge >= 0.3 is 0 Å². The summed E-state index contributed by atoms with van der Waals surface area (Å²) in [5.41, 5.74) is -1.54. The van der Waals surface area contributed by atoms with Crippen molar-refractivity contribution >= 4 is 0 Å². The van der Waals surface area contributed by atoms with Crippen molar-refractivity contribution in [2.45, 2.75) is 6.43 Å². The summed E-state index contributed by atoms with van der Waals surface area (Å²) in [4.78, 5) is 3.12. The summed E-state index contributed by atoms with van der Waals surface area (Å²) in [6.07, 6.45) is -2.16. The van der Waals surface area contributed by atoms with Crippen molar-refractivity contribution in [2.75, 3.05) is 7.11 Å². The van der Waals surface area contributed by atoms with Crippen molar-refractivity contribution in [1.29, 1.82) is 5.26 Å². The van der Waals surface area contributed by atoms with Crippen molar-refractivity contribution in [3.05, 3.63) is 23.3 Å². The van der Waals surface area contributed by atoms with Crippen molar-refractivity contribution in [1.82, 2.24) is 4.98 Å². The lowest BCUT2D eigenvalue weighted by molar-refractivity contribution is 0.145. The standard InChI is InChI=1S/C8H5F3N2O/c1-14-5-3-13-8(11)4(2-12)6(5)7(9)10/h3,7H,1H3. The van der Waals surface area contributed by atoms with Gasteiger partial charge in [-0.25, -0.2) is 13.8 Å². The molecule has 0 N–H and O–H groups in total. The zero-order valence-corrected chi connectivity index (χ0v) is 7.09. The van der Waals surface area contributed by atoms with Crippen LogP contribution in [0.4, 0.5) is 13.2 Å². The Morgan fingerprint density at radius 3 is 2.64 bits per heavy atom. The molecular weight excluding hydrogens is 197 g/mol. The Hall–Kier alpha value is -1.77. The molecule has 1 rings (SSSR count). The molecule has 0 bridgehead atoms. The van der Waals surface area contributed by atoms with Crippen LogP contribution in [0.1, 0.15) is 17.6 Å². The SMILES string of the molecule is COc1cnc(F)c(C#N)c1C(F)F. The molecule has 0 aliphatic rings. The predicted molar refractivity (Wildman–Crippen MR) is 40.4 cm³/mol. The molecule has 0 aliphatic heterocycles. The molecule has 0 aromatic carbocycles. The van der Waals surface area contributed by atoms with E-state index in [1.54, 1.807) is 0 Å². The minimum atomic E-state index is -2.97. The van der Waals surface area contributed by atoms with Crippen LogP contribution in [-0.4, -0.2) is 12.1 Å². The summed E-state index contributed by atoms with van der Waals surface area (Å²) < 4.78 is 42.2. The predicted octanol–water partition coefficient (Wildman–Crippen LogP) is 2.04. The largest absolute Gasteiger partial charge is 0.495 e. The van der Waals surface area contributed by atoms with E-state index >= 15 is 0 Å². The van der Waals surface area contributed by atoms with E-state index in [4.69, 9.17) is 5.26 Å². The first-order valence-electron chi connectivity index (χ1n) is 3.52. The van der Waals surface area contributed by atoms with Gasteiger partial charge in [0.25, 0.3) is 6.43 Å². The fraction of sp³-hybridized carbons (Fsp3) is 0.250. The minimum Gasteiger partial charge on any atom is -0.495 e. The van der Waals surface area contributed by atoms with Gasteiger partial charge in [0.05, 0.1) is 18.9 Å². The average molecular weight is 202 g/mol. The topological polar surface area (TPSA) is 45.9 Å². The number of methoxy groups -OCH3 is 1. The van der Waals surface area contributed by atoms with E-state index in [0.717, 1.165) is 13.3 Å². The second kappa shape index (κ2) is 3.96. The van der Waals surface area contributed by atoms with Crippen LogP contribution < -0.4 is 4.74 Å². The maximum atomic E-state index is 12.8. The van der Waals surface area contributed by atoms with Crippen molar-refractivity contribution < 1.29 is 17.9 Å². The summed E-state index contributed by atoms with van der Waals surface area (Å²) in [5, 5.41) is 8.45. The smallest absolute Gasteiger partial charge is 0.268 e. The Morgan fingerprint density at radius 1 is 1.57 bits per heavy atom. The van der Waals surface area contributed by atoms with Gasteiger partial charge in [0.2, 0.25) is 5.95 Å². The highest BCUT2D eigenvalue weighted by Crippen LogP contribution is 2.31. The first-order chi connectivity index (χ1) is 6.61. The van der Waals surface area contributed by atoms with Crippen LogP contribution in [-0.2, 0) is 0 Å². The highest BCUT2D eigenvalue weighted by atomic mass is 19.3. The van der Waals surface area contributed by atoms with Gasteiger partial charge in [-0.05, 0) is 0 Å². The van der Waals surface area contributed by atoms with Gasteiger partial charge in [0.15, 0.2) is 0 Å². The summed E-state index contributed by atoms with van der Waals surface area (Å²) in [6, 6.07) is 1.32. The molecule has 0 atom stereocenters. The number of ether oxygens (including phenoxy) is 1. The summed E-state index contributed by atoms with van der Waals surface area (Å²) in [6.45, 7) is 0. The number of halogens is 3. The van der Waals surface area contributed by atoms with E-state index in [1.807, 2.05) is 0 Å². The molecule has 0 aliphatic carbocycles. The number of hydrogen-bond acceptors (Lipinski definition) is 3. The van der Waals surface area contributed by atoms with Crippen LogP contribution >= 0.6 is 0 Å². The van der Waals surface area contributed by atoms with Crippen LogP contribution in [0.25, 0.3) is 0 Å². The Kier molecular flexibility index (Phi) is 2.92. The molecule has 3 nitrogen and oxygen atoms in total. The third-order valence-corrected chi connectivity index (χ3v) is 1.59. The van der Waals surface area contributed by atoms with Crippen LogP contribution in [0.2, 0.25) is 0 Å². The summed E-state index contributed by atoms with van der Waals surface area (Å²) in [7, 11) is 1.14. The molecule has 74 valence electrons. The first-order valence-corrected chi connectivity index (χ1v) is 3.52. The monoisotopic (exact) mass is 202 g/mol. The van der Waals surface area contributed by atoms with Gasteiger partial charge in [-0.15, -0.1) is 0 Å². The van der Waals surface area contributed by atoms with Crippen LogP contribution in [0.3, 0.4) is 0 Å². The normalized spacial score (nSPS) is 10.0. The molecule has 0 unspecified atom stereocenters. The molecule has 1 heterocycles. The van der Waals surface area contributed by atoms with E-state index in [0.29, 0.717) is 0 Å². The molecule has 6 heteroatoms. The van der Waals surface area contributed by atoms with Crippen LogP contribution in [0.5, 0.6) is 5.75 Å². The van der Waals surface area contributed by atoms with E-state index < -0.39 is 23.5 Å². The number of alkyl halides is 2. The first kappa shape index (κ1) is 10.3. The fourth-order valence-electron chi connectivity index (χ4n) is 0.969. The Labute approximate surface area is 77.7 Å². The maximum Gasteiger partial charge on any atom is 0.268 e. The maximum absolute atomic E-state index is 12.8. The van der Waals surface area contributed by atoms with E-state index in [2.05, 4.69) is 9.72 Å². The Morgan fingerprint density at radius 2 is 2.21 bits per heavy atom. The lowest BCUT2D eigenvalue weighted by atomic mass is 10.1. The number of aromatic nitrogens is 1. The molecule has 0 saturated heterocycles. The molecule has 0 fully saturated rings. The zero-order valence-electron chi connectivity index (χ0n) is 7.09. The molecule has 0 radical (unpaired) electrons. The third-order valence-electron chi connectivity index (χ3n) is 1.59. The van der Waals surface area contributed by atoms with Gasteiger partial charge in [-0.3, -0.25) is 0 Å². The quantitative estimate of drug-likeness (QED) is 0.689. The van der Waals surface area contributed by atoms with E-state index in [1.165, 1.54) is 6.07 Å². The molecular formula is C8H5F3N2O. The van der Waals surface area contributed by atoms with Gasteiger partial charge in [0.1, 0.15) is 17.4 Å². The molecule has 0 saturated carbocycles. The van der Waals surface area contributed by atoms with Crippen molar-refractivity contribution in [3.8, 4) is 11.8 Å². The average Bonchev–Trinajstić information content (AvgIpc) is 2.17. The molecule has 0 amide bonds. The van der Waals surface area contributed by atoms with Crippen LogP contribution in [0, 0.1) is 17.3 Å². The summed E-state index contributed by atoms with van der Waals surface area (Å²) >= 11 is 0. The Balaban J connectivity index is 3.46. The summed E-state index contributed by atoms with van der Waals surface area (Å²) in [5.74, 6) is -1.51. The van der Waals surface area contributed by atoms with Gasteiger partial charge in [-0.1, -0.05) is 0 Å². The van der Waals surface area contributed by atoms with Crippen LogP contribution in [0.15, 0.2) is 6.20 Å². The number of nitrogens with zero attached hydrogens (tertiary/aromatic N) is 2. The molecule has 1 aromatic rings. The van der Waals surface area contributed by atoms with Crippen molar-refractivity contribution in [3.63, 3.8) is 0 Å².